The summed E-state index contributed by atoms with van der Waals surface area (Å²) in [4.78, 5) is 11.1. The molecule has 0 aliphatic heterocycles. The zero-order valence-electron chi connectivity index (χ0n) is 15.5. The van der Waals surface area contributed by atoms with Crippen LogP contribution in [0.4, 0.5) is 4.39 Å². The van der Waals surface area contributed by atoms with Gasteiger partial charge in [-0.1, -0.05) is 24.3 Å². The fourth-order valence-corrected chi connectivity index (χ4v) is 4.00. The van der Waals surface area contributed by atoms with E-state index in [1.807, 2.05) is 21.1 Å². The van der Waals surface area contributed by atoms with Crippen molar-refractivity contribution in [3.05, 3.63) is 54.3 Å². The van der Waals surface area contributed by atoms with Crippen molar-refractivity contribution in [2.24, 2.45) is 0 Å². The van der Waals surface area contributed by atoms with E-state index >= 15 is 0 Å². The minimum atomic E-state index is -3.87. The molecule has 0 bridgehead atoms. The number of hydrogen-bond donors (Lipinski definition) is 2. The minimum Gasteiger partial charge on any atom is -0.481 e. The van der Waals surface area contributed by atoms with Crippen LogP contribution in [0.25, 0.3) is 11.1 Å². The molecule has 0 unspecified atom stereocenters. The van der Waals surface area contributed by atoms with Crippen molar-refractivity contribution in [2.75, 3.05) is 27.7 Å². The van der Waals surface area contributed by atoms with Crippen LogP contribution < -0.4 is 4.72 Å². The predicted octanol–water partition coefficient (Wildman–Crippen LogP) is 2.32. The molecule has 0 spiro atoms. The molecule has 0 aromatic heterocycles. The molecule has 0 aliphatic carbocycles. The van der Waals surface area contributed by atoms with Gasteiger partial charge in [0.1, 0.15) is 5.82 Å². The standard InChI is InChI=1S/C19H23FN2O4S/c1-22(2,3)13-17(12-19(23)24)21-27(25,26)18-10-6-15(7-11-18)14-4-8-16(20)9-5-14/h4-11,17,21H,12-13H2,1-3H3/p+1/t17-/m1/s1. The fraction of sp³-hybridized carbons (Fsp3) is 0.316. The van der Waals surface area contributed by atoms with Crippen molar-refractivity contribution in [2.45, 2.75) is 17.4 Å². The highest BCUT2D eigenvalue weighted by Gasteiger charge is 2.26. The van der Waals surface area contributed by atoms with E-state index in [1.165, 1.54) is 24.3 Å². The average molecular weight is 395 g/mol. The first-order valence-corrected chi connectivity index (χ1v) is 9.85. The number of aliphatic carboxylic acids is 1. The van der Waals surface area contributed by atoms with Crippen molar-refractivity contribution in [3.63, 3.8) is 0 Å². The molecular formula is C19H24FN2O4S+. The van der Waals surface area contributed by atoms with E-state index in [4.69, 9.17) is 5.11 Å². The lowest BCUT2D eigenvalue weighted by atomic mass is 10.1. The van der Waals surface area contributed by atoms with E-state index in [0.717, 1.165) is 11.1 Å². The van der Waals surface area contributed by atoms with E-state index in [-0.39, 0.29) is 17.1 Å². The van der Waals surface area contributed by atoms with Gasteiger partial charge >= 0.3 is 5.97 Å². The maximum Gasteiger partial charge on any atom is 0.305 e. The summed E-state index contributed by atoms with van der Waals surface area (Å²) in [5.41, 5.74) is 1.52. The quantitative estimate of drug-likeness (QED) is 0.672. The molecule has 0 saturated carbocycles. The summed E-state index contributed by atoms with van der Waals surface area (Å²) in [6.45, 7) is 0.333. The summed E-state index contributed by atoms with van der Waals surface area (Å²) in [6, 6.07) is 11.3. The zero-order chi connectivity index (χ0) is 20.2. The Bertz CT molecular complexity index is 889. The van der Waals surface area contributed by atoms with Gasteiger partial charge in [0.05, 0.1) is 45.0 Å². The number of halogens is 1. The molecule has 0 fully saturated rings. The summed E-state index contributed by atoms with van der Waals surface area (Å²) in [5.74, 6) is -1.41. The molecule has 0 amide bonds. The Morgan fingerprint density at radius 2 is 1.52 bits per heavy atom. The van der Waals surface area contributed by atoms with Gasteiger partial charge in [0.2, 0.25) is 10.0 Å². The van der Waals surface area contributed by atoms with Crippen molar-refractivity contribution in [1.29, 1.82) is 0 Å². The number of benzene rings is 2. The van der Waals surface area contributed by atoms with Gasteiger partial charge in [0.25, 0.3) is 0 Å². The van der Waals surface area contributed by atoms with Crippen molar-refractivity contribution in [3.8, 4) is 11.1 Å². The Morgan fingerprint density at radius 1 is 1.04 bits per heavy atom. The van der Waals surface area contributed by atoms with Gasteiger partial charge in [-0.05, 0) is 35.4 Å². The highest BCUT2D eigenvalue weighted by atomic mass is 32.2. The molecule has 146 valence electrons. The van der Waals surface area contributed by atoms with E-state index in [9.17, 15) is 17.6 Å². The molecule has 2 N–H and O–H groups in total. The lowest BCUT2D eigenvalue weighted by molar-refractivity contribution is -0.871. The highest BCUT2D eigenvalue weighted by molar-refractivity contribution is 7.89. The van der Waals surface area contributed by atoms with Gasteiger partial charge in [-0.15, -0.1) is 0 Å². The first kappa shape index (κ1) is 21.0. The number of rotatable bonds is 8. The Hall–Kier alpha value is -2.29. The van der Waals surface area contributed by atoms with E-state index in [1.54, 1.807) is 24.3 Å². The topological polar surface area (TPSA) is 83.5 Å². The van der Waals surface area contributed by atoms with Crippen LogP contribution in [-0.4, -0.2) is 57.7 Å². The van der Waals surface area contributed by atoms with E-state index < -0.39 is 22.0 Å². The van der Waals surface area contributed by atoms with Gasteiger partial charge < -0.3 is 9.59 Å². The lowest BCUT2D eigenvalue weighted by Crippen LogP contribution is -2.49. The molecule has 2 rings (SSSR count). The van der Waals surface area contributed by atoms with Gasteiger partial charge in [0, 0.05) is 0 Å². The molecule has 8 heteroatoms. The Balaban J connectivity index is 2.21. The summed E-state index contributed by atoms with van der Waals surface area (Å²) < 4.78 is 41.2. The lowest BCUT2D eigenvalue weighted by Gasteiger charge is -2.29. The second-order valence-electron chi connectivity index (χ2n) is 7.42. The number of carboxylic acid groups (broad SMARTS) is 1. The molecule has 6 nitrogen and oxygen atoms in total. The number of hydrogen-bond acceptors (Lipinski definition) is 3. The van der Waals surface area contributed by atoms with Crippen LogP contribution in [0.15, 0.2) is 53.4 Å². The fourth-order valence-electron chi connectivity index (χ4n) is 2.77. The van der Waals surface area contributed by atoms with Crippen LogP contribution in [0, 0.1) is 5.82 Å². The second kappa shape index (κ2) is 8.16. The van der Waals surface area contributed by atoms with Crippen LogP contribution in [0.3, 0.4) is 0 Å². The normalized spacial score (nSPS) is 13.3. The van der Waals surface area contributed by atoms with E-state index in [0.29, 0.717) is 11.0 Å². The molecule has 27 heavy (non-hydrogen) atoms. The third-order valence-corrected chi connectivity index (χ3v) is 5.39. The van der Waals surface area contributed by atoms with Crippen molar-refractivity contribution < 1.29 is 27.2 Å². The van der Waals surface area contributed by atoms with Gasteiger partial charge in [-0.3, -0.25) is 4.79 Å². The number of sulfonamides is 1. The predicted molar refractivity (Wildman–Crippen MR) is 101 cm³/mol. The largest absolute Gasteiger partial charge is 0.481 e. The van der Waals surface area contributed by atoms with Gasteiger partial charge in [-0.25, -0.2) is 17.5 Å². The van der Waals surface area contributed by atoms with Crippen LogP contribution in [0.2, 0.25) is 0 Å². The summed E-state index contributed by atoms with van der Waals surface area (Å²) in [6.07, 6.45) is -0.303. The summed E-state index contributed by atoms with van der Waals surface area (Å²) >= 11 is 0. The second-order valence-corrected chi connectivity index (χ2v) is 9.13. The first-order chi connectivity index (χ1) is 12.5. The Kier molecular flexibility index (Phi) is 6.35. The third-order valence-electron chi connectivity index (χ3n) is 3.85. The molecule has 2 aromatic carbocycles. The summed E-state index contributed by atoms with van der Waals surface area (Å²) in [5, 5.41) is 9.06. The number of quaternary nitrogens is 1. The maximum absolute atomic E-state index is 13.0. The average Bonchev–Trinajstić information content (AvgIpc) is 2.53. The monoisotopic (exact) mass is 395 g/mol. The highest BCUT2D eigenvalue weighted by Crippen LogP contribution is 2.22. The Morgan fingerprint density at radius 3 is 1.96 bits per heavy atom. The van der Waals surface area contributed by atoms with Crippen LogP contribution in [0.5, 0.6) is 0 Å². The van der Waals surface area contributed by atoms with Crippen molar-refractivity contribution in [1.82, 2.24) is 4.72 Å². The molecule has 1 atom stereocenters. The number of nitrogens with zero attached hydrogens (tertiary/aromatic N) is 1. The number of carboxylic acids is 1. The first-order valence-electron chi connectivity index (χ1n) is 8.37. The summed E-state index contributed by atoms with van der Waals surface area (Å²) in [7, 11) is 1.72. The smallest absolute Gasteiger partial charge is 0.305 e. The molecule has 0 heterocycles. The Labute approximate surface area is 158 Å². The molecule has 2 aromatic rings. The van der Waals surface area contributed by atoms with Gasteiger partial charge in [0.15, 0.2) is 0 Å². The van der Waals surface area contributed by atoms with E-state index in [2.05, 4.69) is 4.72 Å². The number of nitrogens with one attached hydrogen (secondary N) is 1. The maximum atomic E-state index is 13.0. The molecule has 0 saturated heterocycles. The number of carbonyl (C=O) groups is 1. The zero-order valence-corrected chi connectivity index (χ0v) is 16.3. The molecule has 0 radical (unpaired) electrons. The van der Waals surface area contributed by atoms with Crippen molar-refractivity contribution >= 4 is 16.0 Å². The van der Waals surface area contributed by atoms with Crippen LogP contribution in [-0.2, 0) is 14.8 Å². The molecule has 0 aliphatic rings. The number of likely N-dealkylation sites (N-methyl/N-ethyl adjacent to an activating group) is 1. The molecular weight excluding hydrogens is 371 g/mol. The SMILES string of the molecule is C[N+](C)(C)C[C@@H](CC(=O)O)NS(=O)(=O)c1ccc(-c2ccc(F)cc2)cc1. The minimum absolute atomic E-state index is 0.0464. The van der Waals surface area contributed by atoms with Crippen LogP contribution in [0.1, 0.15) is 6.42 Å². The third kappa shape index (κ3) is 6.42. The van der Waals surface area contributed by atoms with Crippen LogP contribution >= 0.6 is 0 Å². The van der Waals surface area contributed by atoms with Gasteiger partial charge in [-0.2, -0.15) is 0 Å².